The standard InChI is InChI=1S/C15H27N3/c1-5-18(6-2)10-9-15(17-16)14-8-7-12(3)13(4)11-14/h7-8,11,15,17H,5-6,9-10,16H2,1-4H3. The van der Waals surface area contributed by atoms with Crippen molar-refractivity contribution in [3.8, 4) is 0 Å². The molecule has 1 atom stereocenters. The summed E-state index contributed by atoms with van der Waals surface area (Å²) in [5.74, 6) is 5.69. The van der Waals surface area contributed by atoms with E-state index in [1.165, 1.54) is 16.7 Å². The van der Waals surface area contributed by atoms with E-state index in [1.807, 2.05) is 0 Å². The highest BCUT2D eigenvalue weighted by Gasteiger charge is 2.11. The molecule has 1 rings (SSSR count). The van der Waals surface area contributed by atoms with Crippen LogP contribution in [0.5, 0.6) is 0 Å². The van der Waals surface area contributed by atoms with Gasteiger partial charge in [-0.3, -0.25) is 11.3 Å². The van der Waals surface area contributed by atoms with E-state index in [9.17, 15) is 0 Å². The lowest BCUT2D eigenvalue weighted by Crippen LogP contribution is -2.32. The van der Waals surface area contributed by atoms with E-state index in [-0.39, 0.29) is 6.04 Å². The zero-order valence-electron chi connectivity index (χ0n) is 12.2. The first-order chi connectivity index (χ1) is 8.62. The van der Waals surface area contributed by atoms with Crippen molar-refractivity contribution in [2.75, 3.05) is 19.6 Å². The minimum atomic E-state index is 0.241. The van der Waals surface area contributed by atoms with Crippen molar-refractivity contribution in [1.82, 2.24) is 10.3 Å². The van der Waals surface area contributed by atoms with Crippen LogP contribution < -0.4 is 11.3 Å². The molecule has 3 nitrogen and oxygen atoms in total. The van der Waals surface area contributed by atoms with E-state index in [0.29, 0.717) is 0 Å². The third-order valence-corrected chi connectivity index (χ3v) is 3.76. The monoisotopic (exact) mass is 249 g/mol. The largest absolute Gasteiger partial charge is 0.304 e. The fourth-order valence-electron chi connectivity index (χ4n) is 2.18. The molecular formula is C15H27N3. The Labute approximate surface area is 111 Å². The van der Waals surface area contributed by atoms with Crippen LogP contribution >= 0.6 is 0 Å². The topological polar surface area (TPSA) is 41.3 Å². The number of nitrogens with one attached hydrogen (secondary N) is 1. The maximum atomic E-state index is 5.69. The number of aryl methyl sites for hydroxylation is 2. The number of nitrogens with zero attached hydrogens (tertiary/aromatic N) is 1. The Balaban J connectivity index is 2.67. The molecule has 0 amide bonds. The molecular weight excluding hydrogens is 222 g/mol. The SMILES string of the molecule is CCN(CC)CCC(NN)c1ccc(C)c(C)c1. The summed E-state index contributed by atoms with van der Waals surface area (Å²) in [5, 5.41) is 0. The highest BCUT2D eigenvalue weighted by atomic mass is 15.2. The van der Waals surface area contributed by atoms with Crippen LogP contribution in [0.3, 0.4) is 0 Å². The number of rotatable bonds is 7. The van der Waals surface area contributed by atoms with Gasteiger partial charge in [0.25, 0.3) is 0 Å². The zero-order chi connectivity index (χ0) is 13.5. The first-order valence-electron chi connectivity index (χ1n) is 6.88. The second kappa shape index (κ2) is 7.52. The van der Waals surface area contributed by atoms with E-state index in [2.05, 4.69) is 56.2 Å². The lowest BCUT2D eigenvalue weighted by molar-refractivity contribution is 0.282. The Bertz CT molecular complexity index is 359. The zero-order valence-corrected chi connectivity index (χ0v) is 12.2. The van der Waals surface area contributed by atoms with Crippen LogP contribution in [0.15, 0.2) is 18.2 Å². The van der Waals surface area contributed by atoms with Crippen LogP contribution in [0.1, 0.15) is 43.0 Å². The third-order valence-electron chi connectivity index (χ3n) is 3.76. The fourth-order valence-corrected chi connectivity index (χ4v) is 2.18. The molecule has 18 heavy (non-hydrogen) atoms. The smallest absolute Gasteiger partial charge is 0.0472 e. The Morgan fingerprint density at radius 3 is 2.33 bits per heavy atom. The molecule has 3 heteroatoms. The van der Waals surface area contributed by atoms with Crippen LogP contribution in [0.25, 0.3) is 0 Å². The summed E-state index contributed by atoms with van der Waals surface area (Å²) >= 11 is 0. The summed E-state index contributed by atoms with van der Waals surface area (Å²) in [7, 11) is 0. The minimum absolute atomic E-state index is 0.241. The van der Waals surface area contributed by atoms with E-state index in [1.54, 1.807) is 0 Å². The average molecular weight is 249 g/mol. The molecule has 0 aliphatic carbocycles. The highest BCUT2D eigenvalue weighted by Crippen LogP contribution is 2.19. The Morgan fingerprint density at radius 1 is 1.17 bits per heavy atom. The predicted molar refractivity (Wildman–Crippen MR) is 78.4 cm³/mol. The number of nitrogens with two attached hydrogens (primary N) is 1. The summed E-state index contributed by atoms with van der Waals surface area (Å²) in [6.07, 6.45) is 1.04. The molecule has 1 unspecified atom stereocenters. The molecule has 0 spiro atoms. The maximum Gasteiger partial charge on any atom is 0.0472 e. The Morgan fingerprint density at radius 2 is 1.83 bits per heavy atom. The van der Waals surface area contributed by atoms with E-state index < -0.39 is 0 Å². The Kier molecular flexibility index (Phi) is 6.33. The molecule has 0 radical (unpaired) electrons. The van der Waals surface area contributed by atoms with Crippen molar-refractivity contribution in [3.05, 3.63) is 34.9 Å². The van der Waals surface area contributed by atoms with Crippen LogP contribution in [0, 0.1) is 13.8 Å². The minimum Gasteiger partial charge on any atom is -0.304 e. The molecule has 0 fully saturated rings. The van der Waals surface area contributed by atoms with Crippen molar-refractivity contribution in [1.29, 1.82) is 0 Å². The second-order valence-electron chi connectivity index (χ2n) is 4.88. The number of benzene rings is 1. The lowest BCUT2D eigenvalue weighted by Gasteiger charge is -2.23. The van der Waals surface area contributed by atoms with Gasteiger partial charge in [-0.25, -0.2) is 0 Å². The molecule has 0 aliphatic heterocycles. The normalized spacial score (nSPS) is 13.0. The summed E-state index contributed by atoms with van der Waals surface area (Å²) in [4.78, 5) is 2.42. The van der Waals surface area contributed by atoms with E-state index >= 15 is 0 Å². The summed E-state index contributed by atoms with van der Waals surface area (Å²) in [6.45, 7) is 12.0. The van der Waals surface area contributed by atoms with Crippen LogP contribution in [0.2, 0.25) is 0 Å². The van der Waals surface area contributed by atoms with Crippen LogP contribution in [0.4, 0.5) is 0 Å². The molecule has 0 bridgehead atoms. The first kappa shape index (κ1) is 15.2. The van der Waals surface area contributed by atoms with Crippen molar-refractivity contribution < 1.29 is 0 Å². The molecule has 0 aliphatic rings. The van der Waals surface area contributed by atoms with E-state index in [4.69, 9.17) is 5.84 Å². The average Bonchev–Trinajstić information content (AvgIpc) is 2.38. The van der Waals surface area contributed by atoms with E-state index in [0.717, 1.165) is 26.1 Å². The van der Waals surface area contributed by atoms with Gasteiger partial charge in [0.1, 0.15) is 0 Å². The van der Waals surface area contributed by atoms with Crippen molar-refractivity contribution in [3.63, 3.8) is 0 Å². The Hall–Kier alpha value is -0.900. The summed E-state index contributed by atoms with van der Waals surface area (Å²) in [6, 6.07) is 6.83. The predicted octanol–water partition coefficient (Wildman–Crippen LogP) is 2.54. The molecule has 102 valence electrons. The second-order valence-corrected chi connectivity index (χ2v) is 4.88. The molecule has 1 aromatic carbocycles. The number of hydrazine groups is 1. The first-order valence-corrected chi connectivity index (χ1v) is 6.88. The lowest BCUT2D eigenvalue weighted by atomic mass is 9.99. The van der Waals surface area contributed by atoms with Gasteiger partial charge in [0.05, 0.1) is 0 Å². The van der Waals surface area contributed by atoms with Crippen LogP contribution in [-0.4, -0.2) is 24.5 Å². The van der Waals surface area contributed by atoms with Gasteiger partial charge in [-0.1, -0.05) is 32.0 Å². The van der Waals surface area contributed by atoms with Gasteiger partial charge < -0.3 is 4.90 Å². The van der Waals surface area contributed by atoms with Crippen LogP contribution in [-0.2, 0) is 0 Å². The fraction of sp³-hybridized carbons (Fsp3) is 0.600. The van der Waals surface area contributed by atoms with Gasteiger partial charge in [-0.2, -0.15) is 0 Å². The molecule has 0 aromatic heterocycles. The van der Waals surface area contributed by atoms with Gasteiger partial charge in [-0.05, 0) is 56.6 Å². The molecule has 0 saturated carbocycles. The quantitative estimate of drug-likeness (QED) is 0.576. The van der Waals surface area contributed by atoms with Gasteiger partial charge >= 0.3 is 0 Å². The third kappa shape index (κ3) is 4.09. The molecule has 0 heterocycles. The molecule has 1 aromatic rings. The van der Waals surface area contributed by atoms with Gasteiger partial charge in [0.15, 0.2) is 0 Å². The highest BCUT2D eigenvalue weighted by molar-refractivity contribution is 5.31. The van der Waals surface area contributed by atoms with Gasteiger partial charge in [0, 0.05) is 6.04 Å². The van der Waals surface area contributed by atoms with Gasteiger partial charge in [0.2, 0.25) is 0 Å². The summed E-state index contributed by atoms with van der Waals surface area (Å²) in [5.41, 5.74) is 6.89. The summed E-state index contributed by atoms with van der Waals surface area (Å²) < 4.78 is 0. The van der Waals surface area contributed by atoms with Gasteiger partial charge in [-0.15, -0.1) is 0 Å². The molecule has 0 saturated heterocycles. The molecule has 3 N–H and O–H groups in total. The van der Waals surface area contributed by atoms with Crippen molar-refractivity contribution in [2.45, 2.75) is 40.2 Å². The van der Waals surface area contributed by atoms with Crippen molar-refractivity contribution in [2.24, 2.45) is 5.84 Å². The maximum absolute atomic E-state index is 5.69. The number of hydrogen-bond acceptors (Lipinski definition) is 3. The number of hydrogen-bond donors (Lipinski definition) is 2. The van der Waals surface area contributed by atoms with Crippen molar-refractivity contribution >= 4 is 0 Å².